The molecule has 1 atom stereocenters. The van der Waals surface area contributed by atoms with E-state index in [9.17, 15) is 4.79 Å². The van der Waals surface area contributed by atoms with Crippen molar-refractivity contribution in [1.29, 1.82) is 0 Å². The van der Waals surface area contributed by atoms with Gasteiger partial charge in [0.2, 0.25) is 5.91 Å². The predicted octanol–water partition coefficient (Wildman–Crippen LogP) is 3.45. The molecule has 2 aliphatic rings. The summed E-state index contributed by atoms with van der Waals surface area (Å²) in [6, 6.07) is 3.08. The molecular weight excluding hydrogens is 350 g/mol. The van der Waals surface area contributed by atoms with E-state index in [2.05, 4.69) is 38.7 Å². The van der Waals surface area contributed by atoms with E-state index in [1.165, 1.54) is 12.0 Å². The molecule has 2 aromatic heterocycles. The third kappa shape index (κ3) is 3.54. The zero-order valence-corrected chi connectivity index (χ0v) is 17.7. The van der Waals surface area contributed by atoms with Gasteiger partial charge < -0.3 is 4.90 Å². The minimum absolute atomic E-state index is 0.274. The lowest BCUT2D eigenvalue weighted by Gasteiger charge is -2.26. The summed E-state index contributed by atoms with van der Waals surface area (Å²) >= 11 is 0. The molecule has 1 unspecified atom stereocenters. The smallest absolute Gasteiger partial charge is 0.222 e. The van der Waals surface area contributed by atoms with Gasteiger partial charge in [0.1, 0.15) is 0 Å². The van der Waals surface area contributed by atoms with E-state index < -0.39 is 0 Å². The SMILES string of the molecule is Cc1nc2cc(C3CCCN3C(C)C)nn2c(C)c1CCC(=O)N1CCCC1. The lowest BCUT2D eigenvalue weighted by atomic mass is 10.1. The van der Waals surface area contributed by atoms with Crippen molar-refractivity contribution < 1.29 is 4.79 Å². The van der Waals surface area contributed by atoms with Gasteiger partial charge in [-0.1, -0.05) is 0 Å². The molecule has 2 aliphatic heterocycles. The third-order valence-corrected chi connectivity index (χ3v) is 6.53. The standard InChI is InChI=1S/C22H33N5O/c1-15(2)26-13-7-8-20(26)19-14-21-23-16(3)18(17(4)27(21)24-19)9-10-22(28)25-11-5-6-12-25/h14-15,20H,5-13H2,1-4H3. The molecule has 1 amide bonds. The number of carbonyl (C=O) groups excluding carboxylic acids is 1. The summed E-state index contributed by atoms with van der Waals surface area (Å²) in [6.07, 6.45) is 5.98. The lowest BCUT2D eigenvalue weighted by molar-refractivity contribution is -0.130. The first-order valence-electron chi connectivity index (χ1n) is 10.8. The van der Waals surface area contributed by atoms with E-state index in [1.807, 2.05) is 9.42 Å². The van der Waals surface area contributed by atoms with Crippen molar-refractivity contribution in [2.45, 2.75) is 78.3 Å². The van der Waals surface area contributed by atoms with Gasteiger partial charge >= 0.3 is 0 Å². The molecule has 0 N–H and O–H groups in total. The maximum Gasteiger partial charge on any atom is 0.222 e. The molecular formula is C22H33N5O. The van der Waals surface area contributed by atoms with Gasteiger partial charge in [0.05, 0.1) is 11.7 Å². The second kappa shape index (κ2) is 7.82. The van der Waals surface area contributed by atoms with Gasteiger partial charge in [0.15, 0.2) is 5.65 Å². The van der Waals surface area contributed by atoms with Gasteiger partial charge in [-0.3, -0.25) is 9.69 Å². The average molecular weight is 384 g/mol. The Morgan fingerprint density at radius 1 is 1.18 bits per heavy atom. The molecule has 28 heavy (non-hydrogen) atoms. The minimum Gasteiger partial charge on any atom is -0.343 e. The molecule has 4 heterocycles. The summed E-state index contributed by atoms with van der Waals surface area (Å²) in [5, 5.41) is 4.95. The van der Waals surface area contributed by atoms with Crippen LogP contribution in [-0.4, -0.2) is 56.0 Å². The normalized spacial score (nSPS) is 20.8. The van der Waals surface area contributed by atoms with Crippen LogP contribution in [0, 0.1) is 13.8 Å². The molecule has 0 aliphatic carbocycles. The number of carbonyl (C=O) groups is 1. The first-order chi connectivity index (χ1) is 13.5. The molecule has 6 nitrogen and oxygen atoms in total. The van der Waals surface area contributed by atoms with Gasteiger partial charge in [0.25, 0.3) is 0 Å². The van der Waals surface area contributed by atoms with E-state index in [-0.39, 0.29) is 5.91 Å². The second-order valence-electron chi connectivity index (χ2n) is 8.68. The van der Waals surface area contributed by atoms with E-state index in [1.54, 1.807) is 0 Å². The Hall–Kier alpha value is -1.95. The van der Waals surface area contributed by atoms with Gasteiger partial charge in [-0.2, -0.15) is 5.10 Å². The number of likely N-dealkylation sites (tertiary alicyclic amines) is 2. The molecule has 0 radical (unpaired) electrons. The van der Waals surface area contributed by atoms with Crippen LogP contribution in [0.2, 0.25) is 0 Å². The van der Waals surface area contributed by atoms with Crippen molar-refractivity contribution in [3.63, 3.8) is 0 Å². The Morgan fingerprint density at radius 2 is 1.93 bits per heavy atom. The maximum absolute atomic E-state index is 12.5. The van der Waals surface area contributed by atoms with Crippen molar-refractivity contribution in [2.24, 2.45) is 0 Å². The topological polar surface area (TPSA) is 53.7 Å². The number of fused-ring (bicyclic) bond motifs is 1. The average Bonchev–Trinajstić information content (AvgIpc) is 3.40. The fourth-order valence-corrected chi connectivity index (χ4v) is 4.95. The molecule has 4 rings (SSSR count). The number of rotatable bonds is 5. The van der Waals surface area contributed by atoms with Crippen molar-refractivity contribution in [2.75, 3.05) is 19.6 Å². The van der Waals surface area contributed by atoms with E-state index in [0.29, 0.717) is 18.5 Å². The van der Waals surface area contributed by atoms with Gasteiger partial charge in [-0.05, 0) is 71.9 Å². The molecule has 0 aromatic carbocycles. The second-order valence-corrected chi connectivity index (χ2v) is 8.68. The quantitative estimate of drug-likeness (QED) is 0.794. The summed E-state index contributed by atoms with van der Waals surface area (Å²) < 4.78 is 1.99. The number of nitrogens with zero attached hydrogens (tertiary/aromatic N) is 5. The Kier molecular flexibility index (Phi) is 5.41. The Labute approximate surface area is 167 Å². The number of amides is 1. The van der Waals surface area contributed by atoms with Crippen LogP contribution < -0.4 is 0 Å². The number of aromatic nitrogens is 3. The largest absolute Gasteiger partial charge is 0.343 e. The van der Waals surface area contributed by atoms with Crippen molar-refractivity contribution in [1.82, 2.24) is 24.4 Å². The molecule has 6 heteroatoms. The van der Waals surface area contributed by atoms with Crippen LogP contribution in [0.15, 0.2) is 6.07 Å². The third-order valence-electron chi connectivity index (χ3n) is 6.53. The molecule has 0 spiro atoms. The van der Waals surface area contributed by atoms with Crippen LogP contribution in [0.5, 0.6) is 0 Å². The summed E-state index contributed by atoms with van der Waals surface area (Å²) in [7, 11) is 0. The molecule has 152 valence electrons. The fourth-order valence-electron chi connectivity index (χ4n) is 4.95. The van der Waals surface area contributed by atoms with E-state index in [4.69, 9.17) is 10.1 Å². The number of hydrogen-bond acceptors (Lipinski definition) is 4. The first kappa shape index (κ1) is 19.4. The van der Waals surface area contributed by atoms with Crippen molar-refractivity contribution in [3.8, 4) is 0 Å². The summed E-state index contributed by atoms with van der Waals surface area (Å²) in [6.45, 7) is 11.7. The van der Waals surface area contributed by atoms with Gasteiger partial charge in [0, 0.05) is 43.0 Å². The number of aryl methyl sites for hydroxylation is 2. The van der Waals surface area contributed by atoms with E-state index >= 15 is 0 Å². The highest BCUT2D eigenvalue weighted by atomic mass is 16.2. The Bertz CT molecular complexity index is 865. The van der Waals surface area contributed by atoms with Crippen LogP contribution >= 0.6 is 0 Å². The van der Waals surface area contributed by atoms with Crippen molar-refractivity contribution >= 4 is 11.6 Å². The summed E-state index contributed by atoms with van der Waals surface area (Å²) in [4.78, 5) is 21.8. The van der Waals surface area contributed by atoms with Crippen molar-refractivity contribution in [3.05, 3.63) is 28.7 Å². The lowest BCUT2D eigenvalue weighted by Crippen LogP contribution is -2.30. The minimum atomic E-state index is 0.274. The van der Waals surface area contributed by atoms with Gasteiger partial charge in [-0.25, -0.2) is 9.50 Å². The molecule has 0 saturated carbocycles. The molecule has 0 bridgehead atoms. The fraction of sp³-hybridized carbons (Fsp3) is 0.682. The molecule has 2 aromatic rings. The highest BCUT2D eigenvalue weighted by Gasteiger charge is 2.30. The van der Waals surface area contributed by atoms with Gasteiger partial charge in [-0.15, -0.1) is 0 Å². The monoisotopic (exact) mass is 383 g/mol. The summed E-state index contributed by atoms with van der Waals surface area (Å²) in [5.74, 6) is 0.274. The predicted molar refractivity (Wildman–Crippen MR) is 110 cm³/mol. The first-order valence-corrected chi connectivity index (χ1v) is 10.8. The van der Waals surface area contributed by atoms with Crippen LogP contribution in [0.25, 0.3) is 5.65 Å². The molecule has 2 saturated heterocycles. The van der Waals surface area contributed by atoms with Crippen LogP contribution in [0.3, 0.4) is 0 Å². The highest BCUT2D eigenvalue weighted by Crippen LogP contribution is 2.33. The highest BCUT2D eigenvalue weighted by molar-refractivity contribution is 5.76. The maximum atomic E-state index is 12.5. The Morgan fingerprint density at radius 3 is 2.64 bits per heavy atom. The van der Waals surface area contributed by atoms with Crippen LogP contribution in [0.4, 0.5) is 0 Å². The van der Waals surface area contributed by atoms with E-state index in [0.717, 1.165) is 68.0 Å². The zero-order valence-electron chi connectivity index (χ0n) is 17.7. The molecule has 2 fully saturated rings. The Balaban J connectivity index is 1.58. The van der Waals surface area contributed by atoms with Crippen LogP contribution in [-0.2, 0) is 11.2 Å². The summed E-state index contributed by atoms with van der Waals surface area (Å²) in [5.41, 5.74) is 5.37. The number of hydrogen-bond donors (Lipinski definition) is 0. The zero-order chi connectivity index (χ0) is 19.8. The van der Waals surface area contributed by atoms with Crippen LogP contribution in [0.1, 0.15) is 74.6 Å².